The SMILES string of the molecule is FCCOCCOCCOc1ncc(I)cc1Br. The number of nitrogens with zero attached hydrogens (tertiary/aromatic N) is 1. The van der Waals surface area contributed by atoms with Crippen LogP contribution in [0.3, 0.4) is 0 Å². The number of ether oxygens (including phenoxy) is 3. The Hall–Kier alpha value is 0.01000. The number of hydrogen-bond acceptors (Lipinski definition) is 4. The van der Waals surface area contributed by atoms with Crippen molar-refractivity contribution in [1.29, 1.82) is 0 Å². The van der Waals surface area contributed by atoms with Gasteiger partial charge >= 0.3 is 0 Å². The van der Waals surface area contributed by atoms with Gasteiger partial charge in [-0.2, -0.15) is 0 Å². The quantitative estimate of drug-likeness (QED) is 0.443. The van der Waals surface area contributed by atoms with Gasteiger partial charge in [-0.3, -0.25) is 0 Å². The Kier molecular flexibility index (Phi) is 8.82. The zero-order valence-electron chi connectivity index (χ0n) is 9.70. The van der Waals surface area contributed by atoms with Gasteiger partial charge in [0, 0.05) is 9.77 Å². The molecule has 18 heavy (non-hydrogen) atoms. The zero-order chi connectivity index (χ0) is 13.2. The van der Waals surface area contributed by atoms with Crippen molar-refractivity contribution in [1.82, 2.24) is 4.98 Å². The van der Waals surface area contributed by atoms with Crippen LogP contribution in [0.5, 0.6) is 5.88 Å². The summed E-state index contributed by atoms with van der Waals surface area (Å²) in [5.74, 6) is 0.549. The number of alkyl halides is 1. The van der Waals surface area contributed by atoms with Gasteiger partial charge < -0.3 is 14.2 Å². The summed E-state index contributed by atoms with van der Waals surface area (Å²) in [6, 6.07) is 1.93. The van der Waals surface area contributed by atoms with E-state index in [9.17, 15) is 4.39 Å². The highest BCUT2D eigenvalue weighted by molar-refractivity contribution is 14.1. The Morgan fingerprint density at radius 3 is 2.50 bits per heavy atom. The molecule has 0 saturated carbocycles. The van der Waals surface area contributed by atoms with Gasteiger partial charge in [-0.25, -0.2) is 9.37 Å². The summed E-state index contributed by atoms with van der Waals surface area (Å²) in [6.07, 6.45) is 1.73. The maximum absolute atomic E-state index is 11.7. The van der Waals surface area contributed by atoms with Crippen LogP contribution in [0.25, 0.3) is 0 Å². The van der Waals surface area contributed by atoms with Gasteiger partial charge in [0.1, 0.15) is 13.3 Å². The Labute approximate surface area is 127 Å². The molecule has 0 aliphatic carbocycles. The fourth-order valence-electron chi connectivity index (χ4n) is 1.08. The van der Waals surface area contributed by atoms with Crippen molar-refractivity contribution >= 4 is 38.5 Å². The van der Waals surface area contributed by atoms with Gasteiger partial charge in [-0.15, -0.1) is 0 Å². The zero-order valence-corrected chi connectivity index (χ0v) is 13.4. The predicted molar refractivity (Wildman–Crippen MR) is 77.8 cm³/mol. The molecule has 1 aromatic heterocycles. The third kappa shape index (κ3) is 6.81. The van der Waals surface area contributed by atoms with Crippen molar-refractivity contribution < 1.29 is 18.6 Å². The second-order valence-corrected chi connectivity index (χ2v) is 5.30. The van der Waals surface area contributed by atoms with Gasteiger partial charge in [0.25, 0.3) is 0 Å². The Bertz CT molecular complexity index is 357. The largest absolute Gasteiger partial charge is 0.474 e. The number of halogens is 3. The topological polar surface area (TPSA) is 40.6 Å². The maximum atomic E-state index is 11.7. The van der Waals surface area contributed by atoms with Crippen molar-refractivity contribution in [3.8, 4) is 5.88 Å². The number of rotatable bonds is 9. The minimum Gasteiger partial charge on any atom is -0.474 e. The molecule has 0 saturated heterocycles. The van der Waals surface area contributed by atoms with Crippen LogP contribution in [-0.2, 0) is 9.47 Å². The summed E-state index contributed by atoms with van der Waals surface area (Å²) >= 11 is 5.55. The molecule has 0 aliphatic rings. The highest BCUT2D eigenvalue weighted by Gasteiger charge is 2.02. The molecular weight excluding hydrogens is 420 g/mol. The lowest BCUT2D eigenvalue weighted by Gasteiger charge is -2.08. The highest BCUT2D eigenvalue weighted by atomic mass is 127. The van der Waals surface area contributed by atoms with Crippen LogP contribution < -0.4 is 4.74 Å². The molecule has 1 rings (SSSR count). The lowest BCUT2D eigenvalue weighted by atomic mass is 10.5. The van der Waals surface area contributed by atoms with Crippen molar-refractivity contribution in [2.75, 3.05) is 39.7 Å². The van der Waals surface area contributed by atoms with E-state index in [2.05, 4.69) is 43.5 Å². The molecule has 0 bridgehead atoms. The minimum absolute atomic E-state index is 0.124. The summed E-state index contributed by atoms with van der Waals surface area (Å²) in [5.41, 5.74) is 0. The summed E-state index contributed by atoms with van der Waals surface area (Å²) in [7, 11) is 0. The highest BCUT2D eigenvalue weighted by Crippen LogP contribution is 2.23. The summed E-state index contributed by atoms with van der Waals surface area (Å²) in [6.45, 7) is 1.35. The van der Waals surface area contributed by atoms with E-state index in [0.717, 1.165) is 8.04 Å². The fourth-order valence-corrected chi connectivity index (χ4v) is 2.42. The Morgan fingerprint density at radius 1 is 1.17 bits per heavy atom. The molecule has 0 fully saturated rings. The van der Waals surface area contributed by atoms with Gasteiger partial charge in [-0.05, 0) is 44.6 Å². The molecule has 1 aromatic rings. The summed E-state index contributed by atoms with van der Waals surface area (Å²) in [4.78, 5) is 4.14. The predicted octanol–water partition coefficient (Wildman–Crippen LogP) is 2.83. The van der Waals surface area contributed by atoms with Gasteiger partial charge in [-0.1, -0.05) is 0 Å². The van der Waals surface area contributed by atoms with E-state index in [-0.39, 0.29) is 6.61 Å². The van der Waals surface area contributed by atoms with E-state index in [1.54, 1.807) is 6.20 Å². The second-order valence-electron chi connectivity index (χ2n) is 3.20. The first-order chi connectivity index (χ1) is 8.74. The Morgan fingerprint density at radius 2 is 1.83 bits per heavy atom. The molecule has 7 heteroatoms. The van der Waals surface area contributed by atoms with E-state index in [1.807, 2.05) is 6.07 Å². The van der Waals surface area contributed by atoms with Gasteiger partial charge in [0.2, 0.25) is 5.88 Å². The first-order valence-corrected chi connectivity index (χ1v) is 7.26. The van der Waals surface area contributed by atoms with E-state index in [1.165, 1.54) is 0 Å². The lowest BCUT2D eigenvalue weighted by molar-refractivity contribution is 0.0319. The first kappa shape index (κ1) is 16.1. The molecule has 0 unspecified atom stereocenters. The molecule has 4 nitrogen and oxygen atoms in total. The third-order valence-corrected chi connectivity index (χ3v) is 2.99. The monoisotopic (exact) mass is 433 g/mol. The molecule has 102 valence electrons. The van der Waals surface area contributed by atoms with Crippen molar-refractivity contribution in [3.05, 3.63) is 20.3 Å². The van der Waals surface area contributed by atoms with Crippen LogP contribution in [0.4, 0.5) is 4.39 Å². The number of hydrogen-bond donors (Lipinski definition) is 0. The standard InChI is InChI=1S/C11H14BrFINO3/c12-10-7-9(14)8-15-11(10)18-6-5-17-4-3-16-2-1-13/h7-8H,1-6H2. The van der Waals surface area contributed by atoms with E-state index in [0.29, 0.717) is 32.3 Å². The normalized spacial score (nSPS) is 10.6. The molecule has 0 radical (unpaired) electrons. The molecule has 1 heterocycles. The Balaban J connectivity index is 2.07. The minimum atomic E-state index is -0.463. The second kappa shape index (κ2) is 9.88. The van der Waals surface area contributed by atoms with E-state index in [4.69, 9.17) is 14.2 Å². The molecule has 0 spiro atoms. The molecule has 0 atom stereocenters. The smallest absolute Gasteiger partial charge is 0.228 e. The average Bonchev–Trinajstić information content (AvgIpc) is 2.35. The molecule has 0 aliphatic heterocycles. The van der Waals surface area contributed by atoms with Crippen molar-refractivity contribution in [3.63, 3.8) is 0 Å². The molecular formula is C11H14BrFINO3. The molecule has 0 amide bonds. The fraction of sp³-hybridized carbons (Fsp3) is 0.545. The van der Waals surface area contributed by atoms with Gasteiger partial charge in [0.15, 0.2) is 0 Å². The van der Waals surface area contributed by atoms with E-state index >= 15 is 0 Å². The summed E-state index contributed by atoms with van der Waals surface area (Å²) < 4.78 is 29.1. The number of pyridine rings is 1. The van der Waals surface area contributed by atoms with Crippen LogP contribution in [0, 0.1) is 3.57 Å². The van der Waals surface area contributed by atoms with E-state index < -0.39 is 6.67 Å². The first-order valence-electron chi connectivity index (χ1n) is 5.39. The van der Waals surface area contributed by atoms with Crippen LogP contribution in [0.2, 0.25) is 0 Å². The third-order valence-electron chi connectivity index (χ3n) is 1.83. The van der Waals surface area contributed by atoms with Crippen LogP contribution in [-0.4, -0.2) is 44.7 Å². The van der Waals surface area contributed by atoms with Crippen LogP contribution >= 0.6 is 38.5 Å². The molecule has 0 N–H and O–H groups in total. The van der Waals surface area contributed by atoms with Crippen molar-refractivity contribution in [2.45, 2.75) is 0 Å². The lowest BCUT2D eigenvalue weighted by Crippen LogP contribution is -2.12. The van der Waals surface area contributed by atoms with Gasteiger partial charge in [0.05, 0.1) is 30.9 Å². The number of aromatic nitrogens is 1. The maximum Gasteiger partial charge on any atom is 0.228 e. The van der Waals surface area contributed by atoms with Crippen LogP contribution in [0.1, 0.15) is 0 Å². The van der Waals surface area contributed by atoms with Crippen molar-refractivity contribution in [2.24, 2.45) is 0 Å². The average molecular weight is 434 g/mol. The van der Waals surface area contributed by atoms with Crippen LogP contribution in [0.15, 0.2) is 16.7 Å². The summed E-state index contributed by atoms with van der Waals surface area (Å²) in [5, 5.41) is 0. The molecule has 0 aromatic carbocycles.